The van der Waals surface area contributed by atoms with Crippen molar-refractivity contribution < 1.29 is 9.47 Å². The summed E-state index contributed by atoms with van der Waals surface area (Å²) in [7, 11) is 3.35. The van der Waals surface area contributed by atoms with Gasteiger partial charge in [-0.05, 0) is 48.2 Å². The van der Waals surface area contributed by atoms with E-state index in [2.05, 4.69) is 6.07 Å². The first-order valence-corrected chi connectivity index (χ1v) is 6.61. The summed E-state index contributed by atoms with van der Waals surface area (Å²) in [5.41, 5.74) is 10.6. The Morgan fingerprint density at radius 2 is 1.40 bits per heavy atom. The van der Waals surface area contributed by atoms with Gasteiger partial charge in [0.1, 0.15) is 11.5 Å². The lowest BCUT2D eigenvalue weighted by atomic mass is 9.97. The van der Waals surface area contributed by atoms with Gasteiger partial charge in [0.2, 0.25) is 0 Å². The highest BCUT2D eigenvalue weighted by Crippen LogP contribution is 2.28. The van der Waals surface area contributed by atoms with Crippen molar-refractivity contribution in [2.75, 3.05) is 14.2 Å². The maximum atomic E-state index is 6.35. The zero-order valence-corrected chi connectivity index (χ0v) is 12.4. The minimum absolute atomic E-state index is 0.172. The summed E-state index contributed by atoms with van der Waals surface area (Å²) in [5.74, 6) is 1.74. The Hall–Kier alpha value is -2.00. The molecule has 1 unspecified atom stereocenters. The molecule has 2 aromatic rings. The molecule has 0 amide bonds. The average Bonchev–Trinajstić information content (AvgIpc) is 2.47. The van der Waals surface area contributed by atoms with Crippen molar-refractivity contribution in [2.24, 2.45) is 5.73 Å². The summed E-state index contributed by atoms with van der Waals surface area (Å²) in [6, 6.07) is 11.9. The maximum Gasteiger partial charge on any atom is 0.122 e. The number of hydrogen-bond acceptors (Lipinski definition) is 3. The van der Waals surface area contributed by atoms with Crippen LogP contribution in [-0.4, -0.2) is 14.2 Å². The minimum atomic E-state index is -0.172. The number of aryl methyl sites for hydroxylation is 2. The highest BCUT2D eigenvalue weighted by Gasteiger charge is 2.12. The molecule has 106 valence electrons. The van der Waals surface area contributed by atoms with Crippen LogP contribution in [0.3, 0.4) is 0 Å². The second kappa shape index (κ2) is 5.97. The SMILES string of the molecule is COc1ccc(C(N)c2ccc(C)c(OC)c2)cc1C. The molecule has 1 atom stereocenters. The molecule has 20 heavy (non-hydrogen) atoms. The van der Waals surface area contributed by atoms with Crippen LogP contribution < -0.4 is 15.2 Å². The number of rotatable bonds is 4. The Bertz CT molecular complexity index is 608. The first kappa shape index (κ1) is 14.4. The van der Waals surface area contributed by atoms with Gasteiger partial charge in [-0.2, -0.15) is 0 Å². The predicted molar refractivity (Wildman–Crippen MR) is 81.5 cm³/mol. The van der Waals surface area contributed by atoms with Crippen molar-refractivity contribution in [1.82, 2.24) is 0 Å². The fourth-order valence-corrected chi connectivity index (χ4v) is 2.32. The van der Waals surface area contributed by atoms with Gasteiger partial charge in [-0.15, -0.1) is 0 Å². The Morgan fingerprint density at radius 1 is 0.800 bits per heavy atom. The van der Waals surface area contributed by atoms with Gasteiger partial charge in [-0.3, -0.25) is 0 Å². The van der Waals surface area contributed by atoms with Gasteiger partial charge in [0.05, 0.1) is 20.3 Å². The normalized spacial score (nSPS) is 12.1. The smallest absolute Gasteiger partial charge is 0.122 e. The quantitative estimate of drug-likeness (QED) is 0.927. The van der Waals surface area contributed by atoms with Crippen LogP contribution in [0.5, 0.6) is 11.5 Å². The van der Waals surface area contributed by atoms with Crippen molar-refractivity contribution in [3.05, 3.63) is 58.7 Å². The van der Waals surface area contributed by atoms with Gasteiger partial charge in [0, 0.05) is 0 Å². The molecule has 0 aromatic heterocycles. The number of benzene rings is 2. The van der Waals surface area contributed by atoms with Crippen molar-refractivity contribution in [3.8, 4) is 11.5 Å². The van der Waals surface area contributed by atoms with Crippen LogP contribution in [0.25, 0.3) is 0 Å². The molecule has 0 spiro atoms. The minimum Gasteiger partial charge on any atom is -0.496 e. The fraction of sp³-hybridized carbons (Fsp3) is 0.294. The average molecular weight is 271 g/mol. The Labute approximate surface area is 120 Å². The van der Waals surface area contributed by atoms with Crippen LogP contribution in [0.1, 0.15) is 28.3 Å². The van der Waals surface area contributed by atoms with E-state index in [-0.39, 0.29) is 6.04 Å². The van der Waals surface area contributed by atoms with Gasteiger partial charge >= 0.3 is 0 Å². The molecule has 0 aliphatic rings. The second-order valence-electron chi connectivity index (χ2n) is 4.94. The van der Waals surface area contributed by atoms with Crippen molar-refractivity contribution in [1.29, 1.82) is 0 Å². The number of ether oxygens (including phenoxy) is 2. The lowest BCUT2D eigenvalue weighted by Gasteiger charge is -2.16. The van der Waals surface area contributed by atoms with E-state index in [0.29, 0.717) is 0 Å². The van der Waals surface area contributed by atoms with E-state index in [4.69, 9.17) is 15.2 Å². The van der Waals surface area contributed by atoms with Gasteiger partial charge in [-0.1, -0.05) is 24.3 Å². The van der Waals surface area contributed by atoms with Crippen LogP contribution in [0, 0.1) is 13.8 Å². The lowest BCUT2D eigenvalue weighted by Crippen LogP contribution is -2.12. The van der Waals surface area contributed by atoms with E-state index >= 15 is 0 Å². The predicted octanol–water partition coefficient (Wildman–Crippen LogP) is 3.37. The van der Waals surface area contributed by atoms with Crippen molar-refractivity contribution >= 4 is 0 Å². The molecule has 0 heterocycles. The van der Waals surface area contributed by atoms with Gasteiger partial charge in [-0.25, -0.2) is 0 Å². The lowest BCUT2D eigenvalue weighted by molar-refractivity contribution is 0.410. The van der Waals surface area contributed by atoms with E-state index in [1.165, 1.54) is 0 Å². The fourth-order valence-electron chi connectivity index (χ4n) is 2.32. The highest BCUT2D eigenvalue weighted by atomic mass is 16.5. The highest BCUT2D eigenvalue weighted by molar-refractivity contribution is 5.44. The standard InChI is InChI=1S/C17H21NO2/c1-11-5-6-14(10-16(11)20-4)17(18)13-7-8-15(19-3)12(2)9-13/h5-10,17H,18H2,1-4H3. The van der Waals surface area contributed by atoms with Crippen molar-refractivity contribution in [3.63, 3.8) is 0 Å². The monoisotopic (exact) mass is 271 g/mol. The number of methoxy groups -OCH3 is 2. The van der Waals surface area contributed by atoms with E-state index in [1.807, 2.05) is 44.2 Å². The molecule has 0 saturated heterocycles. The molecule has 0 bridgehead atoms. The topological polar surface area (TPSA) is 44.5 Å². The molecule has 3 nitrogen and oxygen atoms in total. The molecule has 0 saturated carbocycles. The van der Waals surface area contributed by atoms with Crippen LogP contribution in [0.4, 0.5) is 0 Å². The molecule has 0 aliphatic heterocycles. The Balaban J connectivity index is 2.35. The molecular weight excluding hydrogens is 250 g/mol. The van der Waals surface area contributed by atoms with E-state index in [1.54, 1.807) is 14.2 Å². The summed E-state index contributed by atoms with van der Waals surface area (Å²) >= 11 is 0. The van der Waals surface area contributed by atoms with Crippen molar-refractivity contribution in [2.45, 2.75) is 19.9 Å². The molecule has 0 fully saturated rings. The summed E-state index contributed by atoms with van der Waals surface area (Å²) in [6.07, 6.45) is 0. The third kappa shape index (κ3) is 2.78. The summed E-state index contributed by atoms with van der Waals surface area (Å²) in [5, 5.41) is 0. The molecule has 0 radical (unpaired) electrons. The van der Waals surface area contributed by atoms with E-state index in [0.717, 1.165) is 33.8 Å². The third-order valence-corrected chi connectivity index (χ3v) is 3.57. The molecule has 2 N–H and O–H groups in total. The Kier molecular flexibility index (Phi) is 4.30. The largest absolute Gasteiger partial charge is 0.496 e. The van der Waals surface area contributed by atoms with Gasteiger partial charge in [0.15, 0.2) is 0 Å². The summed E-state index contributed by atoms with van der Waals surface area (Å²) < 4.78 is 10.6. The third-order valence-electron chi connectivity index (χ3n) is 3.57. The number of hydrogen-bond donors (Lipinski definition) is 1. The zero-order chi connectivity index (χ0) is 14.7. The maximum absolute atomic E-state index is 6.35. The molecule has 3 heteroatoms. The van der Waals surface area contributed by atoms with Crippen LogP contribution >= 0.6 is 0 Å². The van der Waals surface area contributed by atoms with Crippen LogP contribution in [0.15, 0.2) is 36.4 Å². The summed E-state index contributed by atoms with van der Waals surface area (Å²) in [4.78, 5) is 0. The molecular formula is C17H21NO2. The van der Waals surface area contributed by atoms with E-state index < -0.39 is 0 Å². The van der Waals surface area contributed by atoms with Crippen LogP contribution in [0.2, 0.25) is 0 Å². The zero-order valence-electron chi connectivity index (χ0n) is 12.4. The van der Waals surface area contributed by atoms with Crippen LogP contribution in [-0.2, 0) is 0 Å². The Morgan fingerprint density at radius 3 is 2.00 bits per heavy atom. The van der Waals surface area contributed by atoms with Gasteiger partial charge in [0.25, 0.3) is 0 Å². The molecule has 0 aliphatic carbocycles. The first-order valence-electron chi connectivity index (χ1n) is 6.61. The summed E-state index contributed by atoms with van der Waals surface area (Å²) in [6.45, 7) is 4.04. The number of nitrogens with two attached hydrogens (primary N) is 1. The van der Waals surface area contributed by atoms with E-state index in [9.17, 15) is 0 Å². The van der Waals surface area contributed by atoms with Gasteiger partial charge < -0.3 is 15.2 Å². The first-order chi connectivity index (χ1) is 9.56. The molecule has 2 rings (SSSR count). The molecule has 2 aromatic carbocycles. The second-order valence-corrected chi connectivity index (χ2v) is 4.94.